The lowest BCUT2D eigenvalue weighted by atomic mass is 10.1. The summed E-state index contributed by atoms with van der Waals surface area (Å²) in [6, 6.07) is 10.9. The highest BCUT2D eigenvalue weighted by atomic mass is 32.2. The Kier molecular flexibility index (Phi) is 6.12. The number of benzene rings is 1. The van der Waals surface area contributed by atoms with Crippen molar-refractivity contribution < 1.29 is 13.9 Å². The van der Waals surface area contributed by atoms with Crippen LogP contribution in [0, 0.1) is 5.92 Å². The SMILES string of the molecule is COc1ccc(NC(=O)C(Sc2nnnn2Cc2ccco2)C(C)C)cc1. The van der Waals surface area contributed by atoms with Gasteiger partial charge in [0, 0.05) is 5.69 Å². The van der Waals surface area contributed by atoms with Gasteiger partial charge in [0.25, 0.3) is 0 Å². The Labute approximate surface area is 161 Å². The Morgan fingerprint density at radius 1 is 1.30 bits per heavy atom. The average molecular weight is 387 g/mol. The summed E-state index contributed by atoms with van der Waals surface area (Å²) in [4.78, 5) is 12.8. The third-order valence-electron chi connectivity index (χ3n) is 3.84. The van der Waals surface area contributed by atoms with Crippen molar-refractivity contribution in [3.63, 3.8) is 0 Å². The van der Waals surface area contributed by atoms with Crippen LogP contribution in [0.4, 0.5) is 5.69 Å². The van der Waals surface area contributed by atoms with Crippen molar-refractivity contribution in [3.05, 3.63) is 48.4 Å². The first-order chi connectivity index (χ1) is 13.1. The first-order valence-electron chi connectivity index (χ1n) is 8.47. The zero-order valence-corrected chi connectivity index (χ0v) is 16.1. The van der Waals surface area contributed by atoms with E-state index in [2.05, 4.69) is 20.8 Å². The van der Waals surface area contributed by atoms with E-state index in [-0.39, 0.29) is 17.1 Å². The number of amides is 1. The van der Waals surface area contributed by atoms with Gasteiger partial charge in [0.1, 0.15) is 18.1 Å². The number of tetrazole rings is 1. The minimum absolute atomic E-state index is 0.0852. The topological polar surface area (TPSA) is 95.1 Å². The van der Waals surface area contributed by atoms with Crippen molar-refractivity contribution in [2.45, 2.75) is 30.8 Å². The monoisotopic (exact) mass is 387 g/mol. The third kappa shape index (κ3) is 4.88. The number of thioether (sulfide) groups is 1. The largest absolute Gasteiger partial charge is 0.497 e. The van der Waals surface area contributed by atoms with Crippen molar-refractivity contribution >= 4 is 23.4 Å². The minimum Gasteiger partial charge on any atom is -0.497 e. The molecule has 1 amide bonds. The number of carbonyl (C=O) groups is 1. The number of hydrogen-bond acceptors (Lipinski definition) is 7. The lowest BCUT2D eigenvalue weighted by Gasteiger charge is -2.19. The minimum atomic E-state index is -0.353. The van der Waals surface area contributed by atoms with Crippen molar-refractivity contribution in [2.75, 3.05) is 12.4 Å². The maximum atomic E-state index is 12.8. The highest BCUT2D eigenvalue weighted by Crippen LogP contribution is 2.28. The lowest BCUT2D eigenvalue weighted by molar-refractivity contribution is -0.116. The fourth-order valence-electron chi connectivity index (χ4n) is 2.42. The number of carbonyl (C=O) groups excluding carboxylic acids is 1. The van der Waals surface area contributed by atoms with E-state index in [1.54, 1.807) is 42.3 Å². The summed E-state index contributed by atoms with van der Waals surface area (Å²) >= 11 is 1.34. The Hall–Kier alpha value is -2.81. The number of ether oxygens (including phenoxy) is 1. The van der Waals surface area contributed by atoms with E-state index in [0.717, 1.165) is 11.5 Å². The van der Waals surface area contributed by atoms with Gasteiger partial charge in [0.2, 0.25) is 11.1 Å². The molecule has 27 heavy (non-hydrogen) atoms. The number of anilines is 1. The number of furan rings is 1. The fraction of sp³-hybridized carbons (Fsp3) is 0.333. The van der Waals surface area contributed by atoms with E-state index in [1.165, 1.54) is 11.8 Å². The number of nitrogens with one attached hydrogen (secondary N) is 1. The molecule has 1 unspecified atom stereocenters. The molecule has 0 aliphatic rings. The molecule has 1 N–H and O–H groups in total. The number of aromatic nitrogens is 4. The van der Waals surface area contributed by atoms with Crippen molar-refractivity contribution in [2.24, 2.45) is 5.92 Å². The quantitative estimate of drug-likeness (QED) is 0.594. The molecule has 3 rings (SSSR count). The van der Waals surface area contributed by atoms with E-state index in [4.69, 9.17) is 9.15 Å². The summed E-state index contributed by atoms with van der Waals surface area (Å²) in [6.45, 7) is 4.39. The van der Waals surface area contributed by atoms with Crippen LogP contribution in [-0.4, -0.2) is 38.5 Å². The predicted octanol–water partition coefficient (Wildman–Crippen LogP) is 3.08. The van der Waals surface area contributed by atoms with Crippen molar-refractivity contribution in [1.82, 2.24) is 20.2 Å². The highest BCUT2D eigenvalue weighted by Gasteiger charge is 2.26. The van der Waals surface area contributed by atoms with Crippen LogP contribution in [0.2, 0.25) is 0 Å². The van der Waals surface area contributed by atoms with E-state index in [0.29, 0.717) is 17.4 Å². The first kappa shape index (κ1) is 19.0. The van der Waals surface area contributed by atoms with Gasteiger partial charge in [-0.3, -0.25) is 4.79 Å². The summed E-state index contributed by atoms with van der Waals surface area (Å²) in [5.74, 6) is 1.46. The zero-order chi connectivity index (χ0) is 19.2. The smallest absolute Gasteiger partial charge is 0.238 e. The second kappa shape index (κ2) is 8.72. The van der Waals surface area contributed by atoms with Crippen LogP contribution in [0.5, 0.6) is 5.75 Å². The molecule has 2 heterocycles. The molecule has 0 spiro atoms. The van der Waals surface area contributed by atoms with Crippen molar-refractivity contribution in [1.29, 1.82) is 0 Å². The van der Waals surface area contributed by atoms with Gasteiger partial charge in [0.05, 0.1) is 18.6 Å². The molecule has 2 aromatic heterocycles. The fourth-order valence-corrected chi connectivity index (χ4v) is 3.40. The Morgan fingerprint density at radius 2 is 2.07 bits per heavy atom. The standard InChI is InChI=1S/C18H21N5O3S/c1-12(2)16(17(24)19-13-6-8-14(25-3)9-7-13)27-18-20-21-22-23(18)11-15-5-4-10-26-15/h4-10,12,16H,11H2,1-3H3,(H,19,24). The molecule has 3 aromatic rings. The van der Waals surface area contributed by atoms with Gasteiger partial charge in [-0.25, -0.2) is 4.68 Å². The molecule has 0 radical (unpaired) electrons. The maximum absolute atomic E-state index is 12.8. The molecule has 0 fully saturated rings. The van der Waals surface area contributed by atoms with Gasteiger partial charge >= 0.3 is 0 Å². The van der Waals surface area contributed by atoms with Gasteiger partial charge in [-0.2, -0.15) is 0 Å². The molecular formula is C18H21N5O3S. The molecule has 1 atom stereocenters. The van der Waals surface area contributed by atoms with Crippen LogP contribution >= 0.6 is 11.8 Å². The van der Waals surface area contributed by atoms with Crippen LogP contribution in [0.3, 0.4) is 0 Å². The van der Waals surface area contributed by atoms with Gasteiger partial charge in [-0.1, -0.05) is 25.6 Å². The van der Waals surface area contributed by atoms with Gasteiger partial charge in [-0.15, -0.1) is 5.10 Å². The molecule has 0 aliphatic heterocycles. The summed E-state index contributed by atoms with van der Waals surface area (Å²) in [5, 5.41) is 14.9. The van der Waals surface area contributed by atoms with Crippen LogP contribution in [-0.2, 0) is 11.3 Å². The second-order valence-corrected chi connectivity index (χ2v) is 7.31. The van der Waals surface area contributed by atoms with Crippen LogP contribution in [0.25, 0.3) is 0 Å². The third-order valence-corrected chi connectivity index (χ3v) is 5.35. The van der Waals surface area contributed by atoms with Gasteiger partial charge in [0.15, 0.2) is 0 Å². The number of hydrogen-bond donors (Lipinski definition) is 1. The molecule has 0 saturated carbocycles. The molecule has 9 heteroatoms. The molecule has 0 bridgehead atoms. The molecular weight excluding hydrogens is 366 g/mol. The van der Waals surface area contributed by atoms with E-state index in [9.17, 15) is 4.79 Å². The Balaban J connectivity index is 1.70. The average Bonchev–Trinajstić information content (AvgIpc) is 3.32. The predicted molar refractivity (Wildman–Crippen MR) is 102 cm³/mol. The number of nitrogens with zero attached hydrogens (tertiary/aromatic N) is 4. The zero-order valence-electron chi connectivity index (χ0n) is 15.3. The molecule has 1 aromatic carbocycles. The van der Waals surface area contributed by atoms with E-state index in [1.807, 2.05) is 26.0 Å². The molecule has 0 saturated heterocycles. The molecule has 142 valence electrons. The summed E-state index contributed by atoms with van der Waals surface area (Å²) in [7, 11) is 1.60. The number of rotatable bonds is 8. The lowest BCUT2D eigenvalue weighted by Crippen LogP contribution is -2.30. The highest BCUT2D eigenvalue weighted by molar-refractivity contribution is 8.00. The van der Waals surface area contributed by atoms with Crippen LogP contribution < -0.4 is 10.1 Å². The van der Waals surface area contributed by atoms with Gasteiger partial charge < -0.3 is 14.5 Å². The van der Waals surface area contributed by atoms with Gasteiger partial charge in [-0.05, 0) is 52.7 Å². The second-order valence-electron chi connectivity index (χ2n) is 6.20. The summed E-state index contributed by atoms with van der Waals surface area (Å²) in [6.07, 6.45) is 1.60. The summed E-state index contributed by atoms with van der Waals surface area (Å²) in [5.41, 5.74) is 0.710. The van der Waals surface area contributed by atoms with Crippen LogP contribution in [0.1, 0.15) is 19.6 Å². The molecule has 8 nitrogen and oxygen atoms in total. The normalized spacial score (nSPS) is 12.1. The summed E-state index contributed by atoms with van der Waals surface area (Å²) < 4.78 is 12.1. The van der Waals surface area contributed by atoms with Crippen LogP contribution in [0.15, 0.2) is 52.2 Å². The van der Waals surface area contributed by atoms with E-state index >= 15 is 0 Å². The van der Waals surface area contributed by atoms with Crippen molar-refractivity contribution in [3.8, 4) is 5.75 Å². The Bertz CT molecular complexity index is 862. The molecule has 0 aliphatic carbocycles. The van der Waals surface area contributed by atoms with E-state index < -0.39 is 0 Å². The maximum Gasteiger partial charge on any atom is 0.238 e. The Morgan fingerprint density at radius 3 is 2.70 bits per heavy atom. The first-order valence-corrected chi connectivity index (χ1v) is 9.35. The number of methoxy groups -OCH3 is 1.